The molecule has 2 N–H and O–H groups in total. The molecule has 0 bridgehead atoms. The van der Waals surface area contributed by atoms with Crippen molar-refractivity contribution < 1.29 is 4.79 Å². The summed E-state index contributed by atoms with van der Waals surface area (Å²) in [6, 6.07) is 8.36. The number of piperazine rings is 1. The molecular formula is C21H35N3O. The Labute approximate surface area is 153 Å². The van der Waals surface area contributed by atoms with Crippen LogP contribution in [-0.2, 0) is 6.42 Å². The maximum absolute atomic E-state index is 12.2. The first-order valence-electron chi connectivity index (χ1n) is 10.1. The normalized spacial score (nSPS) is 14.5. The van der Waals surface area contributed by atoms with Crippen LogP contribution in [0.15, 0.2) is 24.3 Å². The minimum atomic E-state index is 0.0114. The summed E-state index contributed by atoms with van der Waals surface area (Å²) in [7, 11) is 0. The molecule has 0 spiro atoms. The SMILES string of the molecule is CCCCCCCCCCc1ccc(NC(=O)N2CCNCC2)cc1. The molecule has 2 rings (SSSR count). The highest BCUT2D eigenvalue weighted by Gasteiger charge is 2.15. The van der Waals surface area contributed by atoms with Gasteiger partial charge in [-0.3, -0.25) is 0 Å². The molecule has 2 amide bonds. The van der Waals surface area contributed by atoms with Gasteiger partial charge in [0.05, 0.1) is 0 Å². The average Bonchev–Trinajstić information content (AvgIpc) is 2.66. The van der Waals surface area contributed by atoms with Gasteiger partial charge in [0.2, 0.25) is 0 Å². The van der Waals surface area contributed by atoms with Crippen LogP contribution < -0.4 is 10.6 Å². The van der Waals surface area contributed by atoms with E-state index in [0.717, 1.165) is 38.3 Å². The third-order valence-electron chi connectivity index (χ3n) is 4.93. The second-order valence-electron chi connectivity index (χ2n) is 7.09. The van der Waals surface area contributed by atoms with Gasteiger partial charge >= 0.3 is 6.03 Å². The maximum atomic E-state index is 12.2. The summed E-state index contributed by atoms with van der Waals surface area (Å²) in [6.07, 6.45) is 12.0. The molecule has 0 atom stereocenters. The van der Waals surface area contributed by atoms with E-state index in [2.05, 4.69) is 29.7 Å². The highest BCUT2D eigenvalue weighted by Crippen LogP contribution is 2.14. The number of amides is 2. The van der Waals surface area contributed by atoms with Gasteiger partial charge in [-0.05, 0) is 30.5 Å². The van der Waals surface area contributed by atoms with Crippen molar-refractivity contribution in [1.82, 2.24) is 10.2 Å². The first kappa shape index (κ1) is 19.8. The van der Waals surface area contributed by atoms with E-state index in [1.807, 2.05) is 17.0 Å². The van der Waals surface area contributed by atoms with E-state index in [1.54, 1.807) is 0 Å². The number of carbonyl (C=O) groups is 1. The third-order valence-corrected chi connectivity index (χ3v) is 4.93. The number of rotatable bonds is 10. The van der Waals surface area contributed by atoms with Crippen LogP contribution in [0.2, 0.25) is 0 Å². The predicted octanol–water partition coefficient (Wildman–Crippen LogP) is 4.81. The number of carbonyl (C=O) groups excluding carboxylic acids is 1. The molecule has 0 radical (unpaired) electrons. The van der Waals surface area contributed by atoms with Crippen LogP contribution in [0, 0.1) is 0 Å². The van der Waals surface area contributed by atoms with E-state index < -0.39 is 0 Å². The lowest BCUT2D eigenvalue weighted by Crippen LogP contribution is -2.48. The van der Waals surface area contributed by atoms with E-state index >= 15 is 0 Å². The zero-order valence-electron chi connectivity index (χ0n) is 15.9. The maximum Gasteiger partial charge on any atom is 0.321 e. The van der Waals surface area contributed by atoms with Crippen molar-refractivity contribution in [2.45, 2.75) is 64.7 Å². The summed E-state index contributed by atoms with van der Waals surface area (Å²) < 4.78 is 0. The monoisotopic (exact) mass is 345 g/mol. The molecule has 4 nitrogen and oxygen atoms in total. The summed E-state index contributed by atoms with van der Waals surface area (Å²) in [5.41, 5.74) is 2.26. The lowest BCUT2D eigenvalue weighted by atomic mass is 10.0. The molecule has 1 heterocycles. The van der Waals surface area contributed by atoms with Crippen molar-refractivity contribution in [3.05, 3.63) is 29.8 Å². The molecule has 1 saturated heterocycles. The smallest absolute Gasteiger partial charge is 0.321 e. The van der Waals surface area contributed by atoms with Gasteiger partial charge in [0.25, 0.3) is 0 Å². The summed E-state index contributed by atoms with van der Waals surface area (Å²) >= 11 is 0. The van der Waals surface area contributed by atoms with Crippen molar-refractivity contribution in [3.8, 4) is 0 Å². The average molecular weight is 346 g/mol. The van der Waals surface area contributed by atoms with Crippen LogP contribution in [-0.4, -0.2) is 37.1 Å². The van der Waals surface area contributed by atoms with Gasteiger partial charge < -0.3 is 15.5 Å². The molecule has 140 valence electrons. The lowest BCUT2D eigenvalue weighted by Gasteiger charge is -2.27. The van der Waals surface area contributed by atoms with Crippen molar-refractivity contribution in [1.29, 1.82) is 0 Å². The van der Waals surface area contributed by atoms with E-state index in [-0.39, 0.29) is 6.03 Å². The number of anilines is 1. The molecule has 1 fully saturated rings. The van der Waals surface area contributed by atoms with Crippen LogP contribution >= 0.6 is 0 Å². The highest BCUT2D eigenvalue weighted by molar-refractivity contribution is 5.89. The number of unbranched alkanes of at least 4 members (excludes halogenated alkanes) is 7. The zero-order chi connectivity index (χ0) is 17.7. The molecule has 1 aromatic rings. The Morgan fingerprint density at radius 2 is 1.56 bits per heavy atom. The molecule has 0 aliphatic carbocycles. The second kappa shape index (κ2) is 11.9. The van der Waals surface area contributed by atoms with Gasteiger partial charge in [0, 0.05) is 31.9 Å². The van der Waals surface area contributed by atoms with E-state index in [0.29, 0.717) is 0 Å². The van der Waals surface area contributed by atoms with E-state index in [1.165, 1.54) is 56.9 Å². The van der Waals surface area contributed by atoms with Crippen LogP contribution in [0.1, 0.15) is 63.9 Å². The second-order valence-corrected chi connectivity index (χ2v) is 7.09. The molecule has 0 aromatic heterocycles. The number of nitrogens with zero attached hydrogens (tertiary/aromatic N) is 1. The first-order chi connectivity index (χ1) is 12.3. The molecule has 0 saturated carbocycles. The summed E-state index contributed by atoms with van der Waals surface area (Å²) in [6.45, 7) is 5.59. The van der Waals surface area contributed by atoms with Crippen LogP contribution in [0.25, 0.3) is 0 Å². The van der Waals surface area contributed by atoms with Gasteiger partial charge in [-0.15, -0.1) is 0 Å². The number of benzene rings is 1. The third kappa shape index (κ3) is 7.91. The Bertz CT molecular complexity index is 480. The fourth-order valence-corrected chi connectivity index (χ4v) is 3.29. The van der Waals surface area contributed by atoms with Gasteiger partial charge in [0.15, 0.2) is 0 Å². The molecular weight excluding hydrogens is 310 g/mol. The minimum absolute atomic E-state index is 0.0114. The largest absolute Gasteiger partial charge is 0.322 e. The van der Waals surface area contributed by atoms with Crippen molar-refractivity contribution in [3.63, 3.8) is 0 Å². The molecule has 0 unspecified atom stereocenters. The van der Waals surface area contributed by atoms with Crippen molar-refractivity contribution in [2.24, 2.45) is 0 Å². The Hall–Kier alpha value is -1.55. The molecule has 1 aliphatic rings. The number of hydrogen-bond donors (Lipinski definition) is 2. The Morgan fingerprint density at radius 3 is 2.20 bits per heavy atom. The Balaban J connectivity index is 1.60. The summed E-state index contributed by atoms with van der Waals surface area (Å²) in [5, 5.41) is 6.26. The van der Waals surface area contributed by atoms with E-state index in [9.17, 15) is 4.79 Å². The van der Waals surface area contributed by atoms with Gasteiger partial charge in [-0.2, -0.15) is 0 Å². The topological polar surface area (TPSA) is 44.4 Å². The fraction of sp³-hybridized carbons (Fsp3) is 0.667. The lowest BCUT2D eigenvalue weighted by molar-refractivity contribution is 0.204. The summed E-state index contributed by atoms with van der Waals surface area (Å²) in [4.78, 5) is 14.0. The van der Waals surface area contributed by atoms with Crippen molar-refractivity contribution in [2.75, 3.05) is 31.5 Å². The first-order valence-corrected chi connectivity index (χ1v) is 10.1. The van der Waals surface area contributed by atoms with Crippen LogP contribution in [0.4, 0.5) is 10.5 Å². The quantitative estimate of drug-likeness (QED) is 0.598. The van der Waals surface area contributed by atoms with Gasteiger partial charge in [-0.1, -0.05) is 64.0 Å². The van der Waals surface area contributed by atoms with E-state index in [4.69, 9.17) is 0 Å². The van der Waals surface area contributed by atoms with Gasteiger partial charge in [0.1, 0.15) is 0 Å². The fourth-order valence-electron chi connectivity index (χ4n) is 3.29. The number of aryl methyl sites for hydroxylation is 1. The minimum Gasteiger partial charge on any atom is -0.322 e. The zero-order valence-corrected chi connectivity index (χ0v) is 15.9. The molecule has 1 aromatic carbocycles. The molecule has 4 heteroatoms. The van der Waals surface area contributed by atoms with Gasteiger partial charge in [-0.25, -0.2) is 4.79 Å². The Morgan fingerprint density at radius 1 is 0.960 bits per heavy atom. The van der Waals surface area contributed by atoms with Crippen LogP contribution in [0.3, 0.4) is 0 Å². The standard InChI is InChI=1S/C21H35N3O/c1-2-3-4-5-6-7-8-9-10-19-11-13-20(14-12-19)23-21(25)24-17-15-22-16-18-24/h11-14,22H,2-10,15-18H2,1H3,(H,23,25). The number of nitrogens with one attached hydrogen (secondary N) is 2. The predicted molar refractivity (Wildman–Crippen MR) is 106 cm³/mol. The molecule has 1 aliphatic heterocycles. The summed E-state index contributed by atoms with van der Waals surface area (Å²) in [5.74, 6) is 0. The Kier molecular flexibility index (Phi) is 9.42. The number of hydrogen-bond acceptors (Lipinski definition) is 2. The number of urea groups is 1. The highest BCUT2D eigenvalue weighted by atomic mass is 16.2. The van der Waals surface area contributed by atoms with Crippen LogP contribution in [0.5, 0.6) is 0 Å². The van der Waals surface area contributed by atoms with Crippen molar-refractivity contribution >= 4 is 11.7 Å². The molecule has 25 heavy (non-hydrogen) atoms.